The van der Waals surface area contributed by atoms with Gasteiger partial charge in [-0.15, -0.1) is 11.3 Å². The lowest BCUT2D eigenvalue weighted by atomic mass is 10.1. The predicted molar refractivity (Wildman–Crippen MR) is 65.5 cm³/mol. The second kappa shape index (κ2) is 5.83. The van der Waals surface area contributed by atoms with Gasteiger partial charge in [-0.1, -0.05) is 37.3 Å². The third kappa shape index (κ3) is 3.74. The van der Waals surface area contributed by atoms with E-state index in [1.54, 1.807) is 17.5 Å². The van der Waals surface area contributed by atoms with E-state index < -0.39 is 0 Å². The van der Waals surface area contributed by atoms with Gasteiger partial charge in [0.05, 0.1) is 6.20 Å². The summed E-state index contributed by atoms with van der Waals surface area (Å²) >= 11 is 7.41. The highest BCUT2D eigenvalue weighted by Crippen LogP contribution is 2.20. The molecule has 84 valence electrons. The van der Waals surface area contributed by atoms with E-state index in [1.807, 2.05) is 0 Å². The van der Waals surface area contributed by atoms with Crippen LogP contribution in [0.25, 0.3) is 0 Å². The molecule has 1 saturated carbocycles. The maximum Gasteiger partial charge on any atom is 0.113 e. The number of aromatic nitrogens is 1. The summed E-state index contributed by atoms with van der Waals surface area (Å²) in [6.45, 7) is 0.877. The minimum atomic E-state index is 0.690. The molecule has 2 nitrogen and oxygen atoms in total. The monoisotopic (exact) mass is 244 g/mol. The lowest BCUT2D eigenvalue weighted by Gasteiger charge is -2.14. The minimum absolute atomic E-state index is 0.690. The van der Waals surface area contributed by atoms with Crippen LogP contribution in [0.3, 0.4) is 0 Å². The topological polar surface area (TPSA) is 24.9 Å². The van der Waals surface area contributed by atoms with E-state index >= 15 is 0 Å². The fourth-order valence-electron chi connectivity index (χ4n) is 2.08. The zero-order valence-electron chi connectivity index (χ0n) is 8.84. The molecule has 0 radical (unpaired) electrons. The molecule has 0 aromatic carbocycles. The summed E-state index contributed by atoms with van der Waals surface area (Å²) in [4.78, 5) is 4.25. The van der Waals surface area contributed by atoms with Crippen LogP contribution in [0.2, 0.25) is 4.34 Å². The normalized spacial score (nSPS) is 19.0. The molecule has 0 aliphatic heterocycles. The van der Waals surface area contributed by atoms with Crippen LogP contribution >= 0.6 is 22.9 Å². The molecule has 1 aromatic rings. The smallest absolute Gasteiger partial charge is 0.113 e. The molecule has 0 atom stereocenters. The molecule has 0 bridgehead atoms. The standard InChI is InChI=1S/C11H17ClN2S/c12-10-7-14-11(15-10)8-13-9-5-3-1-2-4-6-9/h7,9,13H,1-6,8H2. The summed E-state index contributed by atoms with van der Waals surface area (Å²) in [6.07, 6.45) is 9.92. The summed E-state index contributed by atoms with van der Waals surface area (Å²) in [5, 5.41) is 4.68. The molecule has 1 fully saturated rings. The fraction of sp³-hybridized carbons (Fsp3) is 0.727. The van der Waals surface area contributed by atoms with E-state index in [2.05, 4.69) is 10.3 Å². The van der Waals surface area contributed by atoms with Crippen molar-refractivity contribution in [1.82, 2.24) is 10.3 Å². The Labute approximate surface area is 100 Å². The molecule has 1 aliphatic carbocycles. The van der Waals surface area contributed by atoms with Crippen molar-refractivity contribution in [2.45, 2.75) is 51.1 Å². The van der Waals surface area contributed by atoms with Crippen molar-refractivity contribution in [3.8, 4) is 0 Å². The number of hydrogen-bond donors (Lipinski definition) is 1. The average Bonchev–Trinajstić information content (AvgIpc) is 2.52. The molecule has 4 heteroatoms. The summed E-state index contributed by atoms with van der Waals surface area (Å²) < 4.78 is 0.785. The van der Waals surface area contributed by atoms with Gasteiger partial charge in [-0.2, -0.15) is 0 Å². The highest BCUT2D eigenvalue weighted by Gasteiger charge is 2.11. The van der Waals surface area contributed by atoms with E-state index in [0.29, 0.717) is 6.04 Å². The van der Waals surface area contributed by atoms with Crippen molar-refractivity contribution in [3.05, 3.63) is 15.5 Å². The maximum atomic E-state index is 5.84. The zero-order valence-corrected chi connectivity index (χ0v) is 10.4. The van der Waals surface area contributed by atoms with Gasteiger partial charge in [0.2, 0.25) is 0 Å². The van der Waals surface area contributed by atoms with Crippen molar-refractivity contribution < 1.29 is 0 Å². The Morgan fingerprint density at radius 3 is 2.67 bits per heavy atom. The number of rotatable bonds is 3. The first-order valence-electron chi connectivity index (χ1n) is 5.68. The quantitative estimate of drug-likeness (QED) is 0.822. The van der Waals surface area contributed by atoms with Gasteiger partial charge in [-0.3, -0.25) is 0 Å². The molecule has 1 aliphatic rings. The molecule has 1 N–H and O–H groups in total. The fourth-order valence-corrected chi connectivity index (χ4v) is 2.99. The van der Waals surface area contributed by atoms with Crippen LogP contribution in [0.5, 0.6) is 0 Å². The van der Waals surface area contributed by atoms with Gasteiger partial charge in [-0.05, 0) is 12.8 Å². The summed E-state index contributed by atoms with van der Waals surface area (Å²) in [5.74, 6) is 0. The Morgan fingerprint density at radius 2 is 2.07 bits per heavy atom. The van der Waals surface area contributed by atoms with Crippen molar-refractivity contribution in [1.29, 1.82) is 0 Å². The summed E-state index contributed by atoms with van der Waals surface area (Å²) in [7, 11) is 0. The third-order valence-electron chi connectivity index (χ3n) is 2.92. The predicted octanol–water partition coefficient (Wildman–Crippen LogP) is 3.61. The van der Waals surface area contributed by atoms with Crippen LogP contribution < -0.4 is 5.32 Å². The highest BCUT2D eigenvalue weighted by atomic mass is 35.5. The first kappa shape index (κ1) is 11.4. The Kier molecular flexibility index (Phi) is 4.42. The molecule has 0 spiro atoms. The molecule has 15 heavy (non-hydrogen) atoms. The summed E-state index contributed by atoms with van der Waals surface area (Å²) in [6, 6.07) is 0.690. The van der Waals surface area contributed by atoms with Crippen molar-refractivity contribution >= 4 is 22.9 Å². The second-order valence-electron chi connectivity index (χ2n) is 4.13. The molecule has 1 aromatic heterocycles. The summed E-state index contributed by atoms with van der Waals surface area (Å²) in [5.41, 5.74) is 0. The van der Waals surface area contributed by atoms with E-state index in [9.17, 15) is 0 Å². The largest absolute Gasteiger partial charge is 0.308 e. The lowest BCUT2D eigenvalue weighted by Crippen LogP contribution is -2.27. The maximum absolute atomic E-state index is 5.84. The zero-order chi connectivity index (χ0) is 10.5. The molecular weight excluding hydrogens is 228 g/mol. The van der Waals surface area contributed by atoms with E-state index in [0.717, 1.165) is 15.9 Å². The molecule has 0 saturated heterocycles. The van der Waals surface area contributed by atoms with Gasteiger partial charge < -0.3 is 5.32 Å². The van der Waals surface area contributed by atoms with Gasteiger partial charge in [0.25, 0.3) is 0 Å². The Balaban J connectivity index is 1.76. The lowest BCUT2D eigenvalue weighted by molar-refractivity contribution is 0.458. The van der Waals surface area contributed by atoms with Crippen molar-refractivity contribution in [3.63, 3.8) is 0 Å². The van der Waals surface area contributed by atoms with Crippen LogP contribution in [0.15, 0.2) is 6.20 Å². The van der Waals surface area contributed by atoms with Gasteiger partial charge in [0.15, 0.2) is 0 Å². The van der Waals surface area contributed by atoms with Gasteiger partial charge in [0.1, 0.15) is 9.34 Å². The number of hydrogen-bond acceptors (Lipinski definition) is 3. The SMILES string of the molecule is Clc1cnc(CNC2CCCCCC2)s1. The van der Waals surface area contributed by atoms with Crippen LogP contribution in [0, 0.1) is 0 Å². The number of thiazole rings is 1. The Hall–Kier alpha value is -0.120. The molecule has 0 unspecified atom stereocenters. The van der Waals surface area contributed by atoms with Gasteiger partial charge in [-0.25, -0.2) is 4.98 Å². The molecule has 1 heterocycles. The number of nitrogens with zero attached hydrogens (tertiary/aromatic N) is 1. The second-order valence-corrected chi connectivity index (χ2v) is 5.87. The van der Waals surface area contributed by atoms with Gasteiger partial charge >= 0.3 is 0 Å². The van der Waals surface area contributed by atoms with Crippen molar-refractivity contribution in [2.75, 3.05) is 0 Å². The van der Waals surface area contributed by atoms with Crippen LogP contribution in [-0.2, 0) is 6.54 Å². The van der Waals surface area contributed by atoms with Crippen LogP contribution in [0.1, 0.15) is 43.5 Å². The number of nitrogens with one attached hydrogen (secondary N) is 1. The van der Waals surface area contributed by atoms with E-state index in [4.69, 9.17) is 11.6 Å². The van der Waals surface area contributed by atoms with Gasteiger partial charge in [0, 0.05) is 12.6 Å². The molecular formula is C11H17ClN2S. The molecule has 2 rings (SSSR count). The first-order valence-corrected chi connectivity index (χ1v) is 6.87. The molecule has 0 amide bonds. The van der Waals surface area contributed by atoms with Crippen molar-refractivity contribution in [2.24, 2.45) is 0 Å². The van der Waals surface area contributed by atoms with E-state index in [-0.39, 0.29) is 0 Å². The van der Waals surface area contributed by atoms with Crippen LogP contribution in [0.4, 0.5) is 0 Å². The Morgan fingerprint density at radius 1 is 1.33 bits per heavy atom. The third-order valence-corrected chi connectivity index (χ3v) is 4.04. The van der Waals surface area contributed by atoms with Crippen LogP contribution in [-0.4, -0.2) is 11.0 Å². The van der Waals surface area contributed by atoms with E-state index in [1.165, 1.54) is 38.5 Å². The highest BCUT2D eigenvalue weighted by molar-refractivity contribution is 7.15. The minimum Gasteiger partial charge on any atom is -0.308 e. The first-order chi connectivity index (χ1) is 7.34. The Bertz CT molecular complexity index is 293. The number of halogens is 1. The average molecular weight is 245 g/mol.